The van der Waals surface area contributed by atoms with Crippen LogP contribution in [0.2, 0.25) is 0 Å². The van der Waals surface area contributed by atoms with E-state index in [0.29, 0.717) is 6.42 Å². The van der Waals surface area contributed by atoms with Gasteiger partial charge in [-0.25, -0.2) is 0 Å². The van der Waals surface area contributed by atoms with Crippen LogP contribution in [0.15, 0.2) is 23.3 Å². The van der Waals surface area contributed by atoms with Gasteiger partial charge >= 0.3 is 11.9 Å². The summed E-state index contributed by atoms with van der Waals surface area (Å²) in [5.74, 6) is -0.480. The van der Waals surface area contributed by atoms with Crippen molar-refractivity contribution < 1.29 is 28.9 Å². The predicted octanol–water partition coefficient (Wildman–Crippen LogP) is 3.57. The summed E-state index contributed by atoms with van der Waals surface area (Å²) < 4.78 is 17.9. The molecule has 6 nitrogen and oxygen atoms in total. The molecule has 0 aromatic heterocycles. The second-order valence-corrected chi connectivity index (χ2v) is 9.82. The molecule has 0 radical (unpaired) electrons. The number of hydrogen-bond acceptors (Lipinski definition) is 6. The normalized spacial score (nSPS) is 42.8. The number of carbonyl (C=O) groups excluding carboxylic acids is 2. The highest BCUT2D eigenvalue weighted by Gasteiger charge is 2.60. The van der Waals surface area contributed by atoms with E-state index < -0.39 is 23.8 Å². The molecule has 1 saturated heterocycles. The van der Waals surface area contributed by atoms with Crippen LogP contribution in [0.3, 0.4) is 0 Å². The molecule has 0 aromatic carbocycles. The molecule has 0 spiro atoms. The highest BCUT2D eigenvalue weighted by atomic mass is 16.6. The summed E-state index contributed by atoms with van der Waals surface area (Å²) in [5, 5.41) is 11.7. The van der Waals surface area contributed by atoms with Crippen molar-refractivity contribution in [2.75, 3.05) is 0 Å². The maximum Gasteiger partial charge on any atom is 0.303 e. The summed E-state index contributed by atoms with van der Waals surface area (Å²) in [6.07, 6.45) is 3.63. The van der Waals surface area contributed by atoms with Crippen LogP contribution < -0.4 is 0 Å². The van der Waals surface area contributed by atoms with Crippen LogP contribution in [0.5, 0.6) is 0 Å². The Morgan fingerprint density at radius 3 is 2.40 bits per heavy atom. The number of hydrogen-bond donors (Lipinski definition) is 1. The van der Waals surface area contributed by atoms with E-state index >= 15 is 0 Å². The van der Waals surface area contributed by atoms with Gasteiger partial charge in [-0.3, -0.25) is 9.59 Å². The Hall–Kier alpha value is -1.66. The van der Waals surface area contributed by atoms with E-state index in [1.54, 1.807) is 6.92 Å². The molecule has 8 atom stereocenters. The summed E-state index contributed by atoms with van der Waals surface area (Å²) in [6.45, 7) is 12.9. The lowest BCUT2D eigenvalue weighted by Gasteiger charge is -2.46. The van der Waals surface area contributed by atoms with Crippen LogP contribution in [-0.2, 0) is 23.8 Å². The zero-order valence-corrected chi connectivity index (χ0v) is 19.2. The summed E-state index contributed by atoms with van der Waals surface area (Å²) >= 11 is 0. The highest BCUT2D eigenvalue weighted by Crippen LogP contribution is 2.54. The van der Waals surface area contributed by atoms with E-state index in [4.69, 9.17) is 14.2 Å². The van der Waals surface area contributed by atoms with Gasteiger partial charge in [0.2, 0.25) is 0 Å². The molecular formula is C24H36O6. The third-order valence-electron chi connectivity index (χ3n) is 7.07. The minimum absolute atomic E-state index is 0.00855. The molecule has 3 aliphatic rings. The first-order chi connectivity index (χ1) is 13.9. The van der Waals surface area contributed by atoms with Crippen LogP contribution in [0.1, 0.15) is 61.3 Å². The highest BCUT2D eigenvalue weighted by molar-refractivity contribution is 5.66. The van der Waals surface area contributed by atoms with Crippen LogP contribution in [0.4, 0.5) is 0 Å². The molecule has 168 valence electrons. The summed E-state index contributed by atoms with van der Waals surface area (Å²) in [4.78, 5) is 23.6. The molecule has 0 amide bonds. The van der Waals surface area contributed by atoms with Crippen LogP contribution in [0, 0.1) is 23.7 Å². The Bertz CT molecular complexity index is 749. The second-order valence-electron chi connectivity index (χ2n) is 9.82. The summed E-state index contributed by atoms with van der Waals surface area (Å²) in [7, 11) is 0. The average Bonchev–Trinajstić information content (AvgIpc) is 2.98. The molecule has 0 unspecified atom stereocenters. The number of esters is 2. The van der Waals surface area contributed by atoms with Crippen molar-refractivity contribution in [3.63, 3.8) is 0 Å². The van der Waals surface area contributed by atoms with Crippen LogP contribution >= 0.6 is 0 Å². The van der Waals surface area contributed by atoms with E-state index in [1.165, 1.54) is 13.8 Å². The molecule has 6 heteroatoms. The molecule has 0 aromatic rings. The van der Waals surface area contributed by atoms with Gasteiger partial charge in [0, 0.05) is 38.0 Å². The Balaban J connectivity index is 2.11. The molecule has 2 aliphatic heterocycles. The largest absolute Gasteiger partial charge is 0.459 e. The third kappa shape index (κ3) is 4.22. The number of aliphatic hydroxyl groups is 1. The fourth-order valence-electron chi connectivity index (χ4n) is 5.87. The number of rotatable bonds is 3. The van der Waals surface area contributed by atoms with E-state index in [-0.39, 0.29) is 41.8 Å². The standard InChI is InChI=1S/C24H36O6/c1-12(2)20-18(28-15(5)25)11-14(4)21-17-10-13(3)8-9-19(29-16(6)26)24(7,27)23(30-17)22(20)21/h8,11-12,17-23,27H,9-10H2,1-7H3/b13-8-/t17-,18-,19+,20+,21-,22-,23-,24-/m1/s1. The maximum atomic E-state index is 11.8. The van der Waals surface area contributed by atoms with Gasteiger partial charge in [-0.15, -0.1) is 0 Å². The third-order valence-corrected chi connectivity index (χ3v) is 7.07. The second kappa shape index (κ2) is 8.46. The van der Waals surface area contributed by atoms with Crippen molar-refractivity contribution in [3.05, 3.63) is 23.3 Å². The van der Waals surface area contributed by atoms with Crippen molar-refractivity contribution in [2.24, 2.45) is 23.7 Å². The fourth-order valence-corrected chi connectivity index (χ4v) is 5.87. The van der Waals surface area contributed by atoms with E-state index in [1.807, 2.05) is 6.08 Å². The predicted molar refractivity (Wildman–Crippen MR) is 112 cm³/mol. The quantitative estimate of drug-likeness (QED) is 0.555. The number of ether oxygens (including phenoxy) is 3. The average molecular weight is 421 g/mol. The Kier molecular flexibility index (Phi) is 6.49. The van der Waals surface area contributed by atoms with Crippen molar-refractivity contribution >= 4 is 11.9 Å². The molecule has 1 aliphatic carbocycles. The lowest BCUT2D eigenvalue weighted by Crippen LogP contribution is -2.57. The van der Waals surface area contributed by atoms with Crippen LogP contribution in [0.25, 0.3) is 0 Å². The van der Waals surface area contributed by atoms with Crippen molar-refractivity contribution in [1.82, 2.24) is 0 Å². The Labute approximate surface area is 179 Å². The number of fused-ring (bicyclic) bond motifs is 5. The maximum absolute atomic E-state index is 11.8. The van der Waals surface area contributed by atoms with E-state index in [2.05, 4.69) is 33.8 Å². The smallest absolute Gasteiger partial charge is 0.303 e. The van der Waals surface area contributed by atoms with Crippen molar-refractivity contribution in [3.8, 4) is 0 Å². The van der Waals surface area contributed by atoms with Gasteiger partial charge < -0.3 is 19.3 Å². The van der Waals surface area contributed by atoms with Crippen LogP contribution in [-0.4, -0.2) is 47.1 Å². The van der Waals surface area contributed by atoms with Gasteiger partial charge in [-0.1, -0.05) is 31.1 Å². The summed E-state index contributed by atoms with van der Waals surface area (Å²) in [5.41, 5.74) is 0.907. The first-order valence-electron chi connectivity index (χ1n) is 11.0. The lowest BCUT2D eigenvalue weighted by molar-refractivity contribution is -0.191. The molecule has 0 saturated carbocycles. The minimum atomic E-state index is -1.38. The molecule has 1 N–H and O–H groups in total. The molecule has 2 bridgehead atoms. The molecule has 30 heavy (non-hydrogen) atoms. The topological polar surface area (TPSA) is 82.1 Å². The van der Waals surface area contributed by atoms with Gasteiger partial charge in [-0.05, 0) is 39.2 Å². The monoisotopic (exact) mass is 420 g/mol. The zero-order valence-electron chi connectivity index (χ0n) is 19.2. The molecule has 1 fully saturated rings. The van der Waals surface area contributed by atoms with Gasteiger partial charge in [0.1, 0.15) is 17.8 Å². The first kappa shape index (κ1) is 23.0. The van der Waals surface area contributed by atoms with Gasteiger partial charge in [0.25, 0.3) is 0 Å². The summed E-state index contributed by atoms with van der Waals surface area (Å²) in [6, 6.07) is 0. The number of carbonyl (C=O) groups is 2. The molecule has 2 heterocycles. The van der Waals surface area contributed by atoms with E-state index in [0.717, 1.165) is 17.6 Å². The fraction of sp³-hybridized carbons (Fsp3) is 0.750. The minimum Gasteiger partial charge on any atom is -0.459 e. The van der Waals surface area contributed by atoms with Crippen molar-refractivity contribution in [1.29, 1.82) is 0 Å². The van der Waals surface area contributed by atoms with Gasteiger partial charge in [-0.2, -0.15) is 0 Å². The molecular weight excluding hydrogens is 384 g/mol. The molecule has 3 rings (SSSR count). The lowest BCUT2D eigenvalue weighted by atomic mass is 9.61. The van der Waals surface area contributed by atoms with Gasteiger partial charge in [0.05, 0.1) is 12.2 Å². The van der Waals surface area contributed by atoms with Gasteiger partial charge in [0.15, 0.2) is 0 Å². The zero-order chi connectivity index (χ0) is 22.4. The first-order valence-corrected chi connectivity index (χ1v) is 11.0. The Morgan fingerprint density at radius 2 is 1.83 bits per heavy atom. The van der Waals surface area contributed by atoms with E-state index in [9.17, 15) is 14.7 Å². The SMILES string of the molecule is CC(=O)O[C@H]1C/C=C(/C)C[C@H]2O[C@H]([C@H]3[C@@H]2C(C)=C[C@@H](OC(C)=O)[C@@H]3C(C)C)[C@]1(C)O. The Morgan fingerprint density at radius 1 is 1.20 bits per heavy atom. The van der Waals surface area contributed by atoms with Crippen molar-refractivity contribution in [2.45, 2.75) is 91.3 Å².